The van der Waals surface area contributed by atoms with Crippen LogP contribution in [0.3, 0.4) is 0 Å². The summed E-state index contributed by atoms with van der Waals surface area (Å²) in [6.45, 7) is 4.95. The molecular weight excluding hydrogens is 214 g/mol. The highest BCUT2D eigenvalue weighted by Crippen LogP contribution is 2.17. The van der Waals surface area contributed by atoms with Crippen molar-refractivity contribution in [2.24, 2.45) is 5.73 Å². The van der Waals surface area contributed by atoms with Crippen LogP contribution in [0.25, 0.3) is 0 Å². The smallest absolute Gasteiger partial charge is 0.117 e. The first-order valence-electron chi connectivity index (χ1n) is 6.44. The predicted molar refractivity (Wildman–Crippen MR) is 68.7 cm³/mol. The summed E-state index contributed by atoms with van der Waals surface area (Å²) in [5.74, 6) is 1.06. The van der Waals surface area contributed by atoms with Crippen molar-refractivity contribution in [2.45, 2.75) is 25.4 Å². The van der Waals surface area contributed by atoms with Gasteiger partial charge in [0.25, 0.3) is 0 Å². The molecule has 0 aliphatic carbocycles. The van der Waals surface area contributed by atoms with Gasteiger partial charge in [-0.15, -0.1) is 0 Å². The molecule has 1 aliphatic rings. The van der Waals surface area contributed by atoms with Crippen LogP contribution in [-0.4, -0.2) is 49.1 Å². The first-order valence-corrected chi connectivity index (χ1v) is 6.44. The molecule has 1 unspecified atom stereocenters. The van der Waals surface area contributed by atoms with Crippen molar-refractivity contribution in [1.82, 2.24) is 9.80 Å². The summed E-state index contributed by atoms with van der Waals surface area (Å²) in [4.78, 5) is 4.86. The van der Waals surface area contributed by atoms with Gasteiger partial charge in [-0.05, 0) is 38.6 Å². The van der Waals surface area contributed by atoms with Gasteiger partial charge >= 0.3 is 0 Å². The number of nitrogens with zero attached hydrogens (tertiary/aromatic N) is 2. The Morgan fingerprint density at radius 3 is 3.18 bits per heavy atom. The number of likely N-dealkylation sites (N-methyl/N-ethyl adjacent to an activating group) is 1. The van der Waals surface area contributed by atoms with E-state index in [0.717, 1.165) is 31.9 Å². The van der Waals surface area contributed by atoms with Crippen molar-refractivity contribution in [2.75, 3.05) is 33.2 Å². The number of likely N-dealkylation sites (tertiary alicyclic amines) is 1. The maximum atomic E-state index is 5.61. The Labute approximate surface area is 103 Å². The standard InChI is InChI=1S/C13H23N3O/c1-15(8-6-14)12-4-2-7-16(10-12)11-13-5-3-9-17-13/h3,5,9,12H,2,4,6-8,10-11,14H2,1H3. The molecule has 0 spiro atoms. The predicted octanol–water partition coefficient (Wildman–Crippen LogP) is 1.13. The Kier molecular flexibility index (Phi) is 4.59. The van der Waals surface area contributed by atoms with E-state index in [1.165, 1.54) is 19.4 Å². The summed E-state index contributed by atoms with van der Waals surface area (Å²) in [6, 6.07) is 4.65. The Morgan fingerprint density at radius 1 is 1.59 bits per heavy atom. The van der Waals surface area contributed by atoms with Crippen LogP contribution >= 0.6 is 0 Å². The molecule has 17 heavy (non-hydrogen) atoms. The summed E-state index contributed by atoms with van der Waals surface area (Å²) in [7, 11) is 2.17. The summed E-state index contributed by atoms with van der Waals surface area (Å²) in [6.07, 6.45) is 4.29. The van der Waals surface area contributed by atoms with Crippen molar-refractivity contribution >= 4 is 0 Å². The van der Waals surface area contributed by atoms with Gasteiger partial charge in [-0.25, -0.2) is 0 Å². The van der Waals surface area contributed by atoms with Crippen molar-refractivity contribution < 1.29 is 4.42 Å². The van der Waals surface area contributed by atoms with Gasteiger partial charge in [-0.3, -0.25) is 4.90 Å². The fourth-order valence-corrected chi connectivity index (χ4v) is 2.54. The molecule has 4 nitrogen and oxygen atoms in total. The average molecular weight is 237 g/mol. The Bertz CT molecular complexity index is 312. The number of furan rings is 1. The highest BCUT2D eigenvalue weighted by atomic mass is 16.3. The van der Waals surface area contributed by atoms with Gasteiger partial charge in [0.15, 0.2) is 0 Å². The van der Waals surface area contributed by atoms with E-state index in [4.69, 9.17) is 10.2 Å². The van der Waals surface area contributed by atoms with Crippen LogP contribution in [-0.2, 0) is 6.54 Å². The first kappa shape index (κ1) is 12.6. The lowest BCUT2D eigenvalue weighted by atomic mass is 10.0. The monoisotopic (exact) mass is 237 g/mol. The number of piperidine rings is 1. The SMILES string of the molecule is CN(CCN)C1CCCN(Cc2ccco2)C1. The molecule has 0 radical (unpaired) electrons. The van der Waals surface area contributed by atoms with E-state index in [9.17, 15) is 0 Å². The molecular formula is C13H23N3O. The second-order valence-electron chi connectivity index (χ2n) is 4.88. The van der Waals surface area contributed by atoms with Crippen LogP contribution in [0.1, 0.15) is 18.6 Å². The molecule has 96 valence electrons. The Hall–Kier alpha value is -0.840. The van der Waals surface area contributed by atoms with Crippen molar-refractivity contribution in [3.63, 3.8) is 0 Å². The number of hydrogen-bond acceptors (Lipinski definition) is 4. The van der Waals surface area contributed by atoms with Gasteiger partial charge in [0.1, 0.15) is 5.76 Å². The molecule has 2 heterocycles. The van der Waals surface area contributed by atoms with Gasteiger partial charge < -0.3 is 15.1 Å². The minimum absolute atomic E-state index is 0.641. The van der Waals surface area contributed by atoms with Crippen molar-refractivity contribution in [3.8, 4) is 0 Å². The summed E-state index contributed by atoms with van der Waals surface area (Å²) >= 11 is 0. The molecule has 1 aromatic rings. The molecule has 0 amide bonds. The number of rotatable bonds is 5. The summed E-state index contributed by atoms with van der Waals surface area (Å²) < 4.78 is 5.40. The molecule has 0 aromatic carbocycles. The van der Waals surface area contributed by atoms with Gasteiger partial charge in [0.2, 0.25) is 0 Å². The van der Waals surface area contributed by atoms with E-state index >= 15 is 0 Å². The molecule has 1 fully saturated rings. The third-order valence-electron chi connectivity index (χ3n) is 3.55. The lowest BCUT2D eigenvalue weighted by Gasteiger charge is -2.37. The molecule has 0 saturated carbocycles. The summed E-state index contributed by atoms with van der Waals surface area (Å²) in [5, 5.41) is 0. The van der Waals surface area contributed by atoms with Gasteiger partial charge in [0, 0.05) is 25.7 Å². The highest BCUT2D eigenvalue weighted by molar-refractivity contribution is 4.98. The zero-order valence-corrected chi connectivity index (χ0v) is 10.6. The van der Waals surface area contributed by atoms with Crippen LogP contribution in [0, 0.1) is 0 Å². The van der Waals surface area contributed by atoms with E-state index in [-0.39, 0.29) is 0 Å². The van der Waals surface area contributed by atoms with Gasteiger partial charge in [-0.2, -0.15) is 0 Å². The lowest BCUT2D eigenvalue weighted by molar-refractivity contribution is 0.108. The third kappa shape index (κ3) is 3.56. The molecule has 2 N–H and O–H groups in total. The van der Waals surface area contributed by atoms with E-state index in [2.05, 4.69) is 16.8 Å². The molecule has 1 aromatic heterocycles. The third-order valence-corrected chi connectivity index (χ3v) is 3.55. The fourth-order valence-electron chi connectivity index (χ4n) is 2.54. The van der Waals surface area contributed by atoms with Crippen molar-refractivity contribution in [3.05, 3.63) is 24.2 Å². The second-order valence-corrected chi connectivity index (χ2v) is 4.88. The molecule has 4 heteroatoms. The van der Waals surface area contributed by atoms with E-state index < -0.39 is 0 Å². The van der Waals surface area contributed by atoms with E-state index in [1.54, 1.807) is 6.26 Å². The van der Waals surface area contributed by atoms with E-state index in [1.807, 2.05) is 12.1 Å². The van der Waals surface area contributed by atoms with Crippen LogP contribution in [0.4, 0.5) is 0 Å². The number of nitrogens with two attached hydrogens (primary N) is 1. The molecule has 2 rings (SSSR count). The van der Waals surface area contributed by atoms with Crippen LogP contribution in [0.2, 0.25) is 0 Å². The molecule has 1 atom stereocenters. The average Bonchev–Trinajstić information content (AvgIpc) is 2.82. The van der Waals surface area contributed by atoms with Crippen LogP contribution in [0.15, 0.2) is 22.8 Å². The van der Waals surface area contributed by atoms with Crippen LogP contribution in [0.5, 0.6) is 0 Å². The largest absolute Gasteiger partial charge is 0.468 e. The maximum Gasteiger partial charge on any atom is 0.117 e. The highest BCUT2D eigenvalue weighted by Gasteiger charge is 2.23. The first-order chi connectivity index (χ1) is 8.29. The minimum atomic E-state index is 0.641. The van der Waals surface area contributed by atoms with Crippen LogP contribution < -0.4 is 5.73 Å². The Balaban J connectivity index is 1.84. The molecule has 1 aliphatic heterocycles. The van der Waals surface area contributed by atoms with Gasteiger partial charge in [-0.1, -0.05) is 0 Å². The topological polar surface area (TPSA) is 45.6 Å². The van der Waals surface area contributed by atoms with Gasteiger partial charge in [0.05, 0.1) is 12.8 Å². The molecule has 1 saturated heterocycles. The zero-order valence-electron chi connectivity index (χ0n) is 10.6. The second kappa shape index (κ2) is 6.19. The Morgan fingerprint density at radius 2 is 2.47 bits per heavy atom. The normalized spacial score (nSPS) is 22.2. The quantitative estimate of drug-likeness (QED) is 0.834. The number of hydrogen-bond donors (Lipinski definition) is 1. The zero-order chi connectivity index (χ0) is 12.1. The molecule has 0 bridgehead atoms. The van der Waals surface area contributed by atoms with Crippen molar-refractivity contribution in [1.29, 1.82) is 0 Å². The maximum absolute atomic E-state index is 5.61. The fraction of sp³-hybridized carbons (Fsp3) is 0.692. The lowest BCUT2D eigenvalue weighted by Crippen LogP contribution is -2.47. The summed E-state index contributed by atoms with van der Waals surface area (Å²) in [5.41, 5.74) is 5.61. The minimum Gasteiger partial charge on any atom is -0.468 e. The van der Waals surface area contributed by atoms with E-state index in [0.29, 0.717) is 6.04 Å².